The maximum Gasteiger partial charge on any atom is 0.433 e. The molecule has 2 aromatic heterocycles. The number of carbonyl (C=O) groups excluding carboxylic acids is 2. The topological polar surface area (TPSA) is 115 Å². The lowest BCUT2D eigenvalue weighted by molar-refractivity contribution is -0.152. The Labute approximate surface area is 238 Å². The van der Waals surface area contributed by atoms with E-state index in [0.29, 0.717) is 19.4 Å². The van der Waals surface area contributed by atoms with Gasteiger partial charge < -0.3 is 14.7 Å². The molecule has 0 unspecified atom stereocenters. The van der Waals surface area contributed by atoms with Gasteiger partial charge in [-0.1, -0.05) is 23.2 Å². The van der Waals surface area contributed by atoms with Crippen LogP contribution < -0.4 is 0 Å². The number of nitrogens with zero attached hydrogens (tertiary/aromatic N) is 4. The van der Waals surface area contributed by atoms with E-state index in [1.807, 2.05) is 0 Å². The fourth-order valence-corrected chi connectivity index (χ4v) is 6.02. The SMILES string of the molecule is C[C@@]1(CN(CC(=O)c2c(Cl)cncc2Cl)C(=O)c2cnn([C@H]3CC[C@](C)(C(=O)O)CC3)c2C(F)(F)F)CCCO1. The lowest BCUT2D eigenvalue weighted by Gasteiger charge is -2.35. The summed E-state index contributed by atoms with van der Waals surface area (Å²) in [5.41, 5.74) is -3.95. The van der Waals surface area contributed by atoms with Crippen LogP contribution in [0.4, 0.5) is 13.2 Å². The molecule has 0 spiro atoms. The molecule has 0 aromatic carbocycles. The molecular formula is C26H29Cl2F3N4O5. The first kappa shape index (κ1) is 30.3. The second kappa shape index (κ2) is 11.3. The zero-order valence-corrected chi connectivity index (χ0v) is 23.4. The summed E-state index contributed by atoms with van der Waals surface area (Å²) in [5.74, 6) is -2.72. The molecule has 1 N–H and O–H groups in total. The number of pyridine rings is 1. The Balaban J connectivity index is 1.69. The highest BCUT2D eigenvalue weighted by Gasteiger charge is 2.46. The summed E-state index contributed by atoms with van der Waals surface area (Å²) in [6.07, 6.45) is 0.179. The number of hydrogen-bond donors (Lipinski definition) is 1. The molecule has 1 saturated carbocycles. The zero-order valence-electron chi connectivity index (χ0n) is 21.9. The summed E-state index contributed by atoms with van der Waals surface area (Å²) in [4.78, 5) is 43.4. The standard InChI is InChI=1S/C26H29Cl2F3N4O5/c1-24(23(38)39)7-4-15(5-8-24)35-21(26(29,30)31)16(10-33-35)22(37)34(14-25(2)6-3-9-40-25)13-19(36)20-17(27)11-32-12-18(20)28/h10-12,15H,3-9,13-14H2,1-2H3,(H,38,39)/t15-,24-,25-/m0/s1. The van der Waals surface area contributed by atoms with Crippen molar-refractivity contribution in [1.82, 2.24) is 19.7 Å². The third kappa shape index (κ3) is 6.13. The molecule has 1 saturated heterocycles. The van der Waals surface area contributed by atoms with Crippen molar-refractivity contribution in [3.05, 3.63) is 45.5 Å². The van der Waals surface area contributed by atoms with Crippen molar-refractivity contribution >= 4 is 40.9 Å². The number of rotatable bonds is 8. The van der Waals surface area contributed by atoms with Gasteiger partial charge in [-0.2, -0.15) is 18.3 Å². The number of carboxylic acids is 1. The smallest absolute Gasteiger partial charge is 0.433 e. The van der Waals surface area contributed by atoms with Crippen LogP contribution in [0.1, 0.15) is 84.8 Å². The van der Waals surface area contributed by atoms with E-state index < -0.39 is 58.7 Å². The van der Waals surface area contributed by atoms with E-state index in [1.54, 1.807) is 13.8 Å². The van der Waals surface area contributed by atoms with Crippen molar-refractivity contribution in [1.29, 1.82) is 0 Å². The highest BCUT2D eigenvalue weighted by Crippen LogP contribution is 2.43. The van der Waals surface area contributed by atoms with Gasteiger partial charge in [0.1, 0.15) is 0 Å². The van der Waals surface area contributed by atoms with Crippen LogP contribution in [-0.4, -0.2) is 67.7 Å². The molecule has 2 aromatic rings. The third-order valence-corrected chi connectivity index (χ3v) is 8.37. The van der Waals surface area contributed by atoms with E-state index in [9.17, 15) is 32.7 Å². The van der Waals surface area contributed by atoms with E-state index in [4.69, 9.17) is 27.9 Å². The van der Waals surface area contributed by atoms with E-state index >= 15 is 0 Å². The highest BCUT2D eigenvalue weighted by atomic mass is 35.5. The summed E-state index contributed by atoms with van der Waals surface area (Å²) < 4.78 is 49.9. The van der Waals surface area contributed by atoms with Gasteiger partial charge in [0.05, 0.1) is 57.5 Å². The number of ether oxygens (including phenoxy) is 1. The predicted molar refractivity (Wildman–Crippen MR) is 139 cm³/mol. The van der Waals surface area contributed by atoms with Crippen LogP contribution in [0.3, 0.4) is 0 Å². The number of aliphatic carboxylic acids is 1. The predicted octanol–water partition coefficient (Wildman–Crippen LogP) is 5.70. The number of ketones is 1. The zero-order chi connectivity index (χ0) is 29.5. The van der Waals surface area contributed by atoms with Crippen LogP contribution in [0.2, 0.25) is 10.0 Å². The van der Waals surface area contributed by atoms with Crippen LogP contribution in [0.25, 0.3) is 0 Å². The van der Waals surface area contributed by atoms with Gasteiger partial charge >= 0.3 is 12.1 Å². The molecule has 2 aliphatic rings. The van der Waals surface area contributed by atoms with Gasteiger partial charge in [-0.25, -0.2) is 0 Å². The first-order valence-corrected chi connectivity index (χ1v) is 13.5. The van der Waals surface area contributed by atoms with Crippen LogP contribution in [0.5, 0.6) is 0 Å². The fraction of sp³-hybridized carbons (Fsp3) is 0.577. The Bertz CT molecular complexity index is 1280. The monoisotopic (exact) mass is 604 g/mol. The van der Waals surface area contributed by atoms with E-state index in [-0.39, 0.29) is 47.8 Å². The van der Waals surface area contributed by atoms with Gasteiger partial charge in [-0.3, -0.25) is 24.0 Å². The number of amides is 1. The number of carbonyl (C=O) groups is 3. The van der Waals surface area contributed by atoms with E-state index in [1.165, 1.54) is 12.4 Å². The number of hydrogen-bond acceptors (Lipinski definition) is 6. The average Bonchev–Trinajstić information content (AvgIpc) is 3.50. The maximum absolute atomic E-state index is 14.5. The van der Waals surface area contributed by atoms with Gasteiger partial charge in [0.2, 0.25) is 0 Å². The van der Waals surface area contributed by atoms with Crippen LogP contribution in [0, 0.1) is 5.41 Å². The van der Waals surface area contributed by atoms with E-state index in [2.05, 4.69) is 10.1 Å². The minimum absolute atomic E-state index is 0.0531. The number of alkyl halides is 3. The molecule has 1 aliphatic carbocycles. The average molecular weight is 605 g/mol. The Morgan fingerprint density at radius 1 is 1.12 bits per heavy atom. The van der Waals surface area contributed by atoms with Crippen LogP contribution in [-0.2, 0) is 15.7 Å². The number of carboxylic acid groups (broad SMARTS) is 1. The molecule has 1 amide bonds. The van der Waals surface area contributed by atoms with Crippen molar-refractivity contribution in [3.8, 4) is 0 Å². The summed E-state index contributed by atoms with van der Waals surface area (Å²) in [5, 5.41) is 13.3. The molecule has 40 heavy (non-hydrogen) atoms. The molecule has 0 bridgehead atoms. The number of Topliss-reactive ketones (excluding diaryl/α,β-unsaturated/α-hetero) is 1. The Morgan fingerprint density at radius 2 is 1.75 bits per heavy atom. The van der Waals surface area contributed by atoms with Crippen molar-refractivity contribution in [3.63, 3.8) is 0 Å². The lowest BCUT2D eigenvalue weighted by atomic mass is 9.74. The minimum atomic E-state index is -4.95. The lowest BCUT2D eigenvalue weighted by Crippen LogP contribution is -2.46. The molecule has 1 atom stereocenters. The highest BCUT2D eigenvalue weighted by molar-refractivity contribution is 6.39. The Hall–Kier alpha value is -2.70. The van der Waals surface area contributed by atoms with Crippen molar-refractivity contribution in [2.45, 2.75) is 70.2 Å². The number of halogens is 5. The van der Waals surface area contributed by atoms with Gasteiger partial charge in [-0.05, 0) is 52.4 Å². The molecule has 2 fully saturated rings. The Morgan fingerprint density at radius 3 is 2.27 bits per heavy atom. The third-order valence-electron chi connectivity index (χ3n) is 7.79. The Kier molecular flexibility index (Phi) is 8.54. The largest absolute Gasteiger partial charge is 0.481 e. The number of aromatic nitrogens is 3. The fourth-order valence-electron chi connectivity index (χ4n) is 5.44. The van der Waals surface area contributed by atoms with Gasteiger partial charge in [0.15, 0.2) is 11.5 Å². The molecule has 4 rings (SSSR count). The summed E-state index contributed by atoms with van der Waals surface area (Å²) in [6.45, 7) is 2.95. The van der Waals surface area contributed by atoms with Crippen LogP contribution in [0.15, 0.2) is 18.6 Å². The first-order chi connectivity index (χ1) is 18.7. The normalized spacial score (nSPS) is 25.1. The summed E-state index contributed by atoms with van der Waals surface area (Å²) >= 11 is 12.2. The van der Waals surface area contributed by atoms with Gasteiger partial charge in [0, 0.05) is 19.0 Å². The first-order valence-electron chi connectivity index (χ1n) is 12.8. The van der Waals surface area contributed by atoms with Crippen LogP contribution >= 0.6 is 23.2 Å². The van der Waals surface area contributed by atoms with Gasteiger partial charge in [-0.15, -0.1) is 0 Å². The molecule has 14 heteroatoms. The maximum atomic E-state index is 14.5. The summed E-state index contributed by atoms with van der Waals surface area (Å²) in [6, 6.07) is -0.745. The molecule has 9 nitrogen and oxygen atoms in total. The second-order valence-electron chi connectivity index (χ2n) is 10.9. The molecule has 1 aliphatic heterocycles. The molecule has 3 heterocycles. The quantitative estimate of drug-likeness (QED) is 0.384. The second-order valence-corrected chi connectivity index (χ2v) is 11.7. The van der Waals surface area contributed by atoms with Crippen molar-refractivity contribution < 1.29 is 37.4 Å². The molecule has 0 radical (unpaired) electrons. The van der Waals surface area contributed by atoms with Crippen molar-refractivity contribution in [2.24, 2.45) is 5.41 Å². The van der Waals surface area contributed by atoms with Crippen molar-refractivity contribution in [2.75, 3.05) is 19.7 Å². The summed E-state index contributed by atoms with van der Waals surface area (Å²) in [7, 11) is 0. The van der Waals surface area contributed by atoms with Gasteiger partial charge in [0.25, 0.3) is 5.91 Å². The molecule has 218 valence electrons. The van der Waals surface area contributed by atoms with E-state index in [0.717, 1.165) is 15.8 Å². The molecular weight excluding hydrogens is 576 g/mol. The minimum Gasteiger partial charge on any atom is -0.481 e.